The number of fused-ring (bicyclic) bond motifs is 3. The third-order valence-electron chi connectivity index (χ3n) is 4.63. The predicted octanol–water partition coefficient (Wildman–Crippen LogP) is 5.40. The Bertz CT molecular complexity index is 1530. The van der Waals surface area contributed by atoms with Crippen molar-refractivity contribution in [2.75, 3.05) is 11.6 Å². The molecule has 0 fully saturated rings. The molecule has 5 rings (SSSR count). The Labute approximate surface area is 194 Å². The number of nitrogens with one attached hydrogen (secondary N) is 1. The van der Waals surface area contributed by atoms with E-state index in [1.54, 1.807) is 23.9 Å². The Kier molecular flexibility index (Phi) is 5.21. The largest absolute Gasteiger partial charge is 0.339 e. The standard InChI is InChI=1S/C20H14BrN5O2S3/c1-29-14-4-2-3-13(11-14)22-18-17-16(9-10-30-17)26-19(23-18)20(24-25-26)31(27,28)15-7-5-12(21)6-8-15/h2-11H,1H3,(H,22,23). The summed E-state index contributed by atoms with van der Waals surface area (Å²) in [5.41, 5.74) is 1.78. The molecule has 0 aliphatic rings. The fourth-order valence-corrected chi connectivity index (χ4v) is 5.92. The fourth-order valence-electron chi connectivity index (χ4n) is 3.15. The number of thiophene rings is 1. The number of benzene rings is 2. The summed E-state index contributed by atoms with van der Waals surface area (Å²) in [6.45, 7) is 0. The van der Waals surface area contributed by atoms with Crippen LogP contribution < -0.4 is 5.32 Å². The van der Waals surface area contributed by atoms with Gasteiger partial charge in [-0.3, -0.25) is 0 Å². The molecule has 3 heterocycles. The van der Waals surface area contributed by atoms with Gasteiger partial charge in [-0.1, -0.05) is 27.2 Å². The van der Waals surface area contributed by atoms with E-state index >= 15 is 0 Å². The van der Waals surface area contributed by atoms with Crippen LogP contribution in [-0.2, 0) is 9.84 Å². The van der Waals surface area contributed by atoms with E-state index in [1.165, 1.54) is 28.0 Å². The number of hydrogen-bond acceptors (Lipinski definition) is 8. The third kappa shape index (κ3) is 3.61. The summed E-state index contributed by atoms with van der Waals surface area (Å²) in [5, 5.41) is 13.2. The Morgan fingerprint density at radius 1 is 1.13 bits per heavy atom. The molecule has 0 saturated carbocycles. The maximum absolute atomic E-state index is 13.3. The highest BCUT2D eigenvalue weighted by molar-refractivity contribution is 9.10. The van der Waals surface area contributed by atoms with E-state index in [0.29, 0.717) is 5.82 Å². The van der Waals surface area contributed by atoms with Gasteiger partial charge < -0.3 is 5.32 Å². The minimum Gasteiger partial charge on any atom is -0.339 e. The Morgan fingerprint density at radius 2 is 1.94 bits per heavy atom. The second kappa shape index (κ2) is 7.90. The van der Waals surface area contributed by atoms with Crippen molar-refractivity contribution in [1.82, 2.24) is 19.8 Å². The Balaban J connectivity index is 1.69. The topological polar surface area (TPSA) is 89.2 Å². The second-order valence-corrected chi connectivity index (χ2v) is 11.1. The van der Waals surface area contributed by atoms with Crippen molar-refractivity contribution in [2.24, 2.45) is 0 Å². The number of rotatable bonds is 5. The van der Waals surface area contributed by atoms with Crippen molar-refractivity contribution in [3.63, 3.8) is 0 Å². The lowest BCUT2D eigenvalue weighted by Gasteiger charge is -2.09. The molecule has 0 atom stereocenters. The molecule has 3 aromatic heterocycles. The van der Waals surface area contributed by atoms with Crippen molar-refractivity contribution >= 4 is 76.2 Å². The number of nitrogens with zero attached hydrogens (tertiary/aromatic N) is 4. The van der Waals surface area contributed by atoms with Gasteiger partial charge in [0.15, 0.2) is 11.5 Å². The predicted molar refractivity (Wildman–Crippen MR) is 127 cm³/mol. The van der Waals surface area contributed by atoms with Gasteiger partial charge in [-0.05, 0) is 60.2 Å². The molecular formula is C20H14BrN5O2S3. The highest BCUT2D eigenvalue weighted by atomic mass is 79.9. The maximum Gasteiger partial charge on any atom is 0.229 e. The number of thioether (sulfide) groups is 1. The Morgan fingerprint density at radius 3 is 2.71 bits per heavy atom. The normalized spacial score (nSPS) is 11.9. The molecule has 0 unspecified atom stereocenters. The van der Waals surface area contributed by atoms with Crippen LogP contribution in [0.3, 0.4) is 0 Å². The van der Waals surface area contributed by atoms with Gasteiger partial charge in [0.2, 0.25) is 14.9 Å². The monoisotopic (exact) mass is 531 g/mol. The fraction of sp³-hybridized carbons (Fsp3) is 0.0500. The highest BCUT2D eigenvalue weighted by Gasteiger charge is 2.27. The smallest absolute Gasteiger partial charge is 0.229 e. The van der Waals surface area contributed by atoms with E-state index in [1.807, 2.05) is 42.0 Å². The molecular weight excluding hydrogens is 518 g/mol. The summed E-state index contributed by atoms with van der Waals surface area (Å²) < 4.78 is 29.6. The van der Waals surface area contributed by atoms with E-state index in [-0.39, 0.29) is 15.6 Å². The lowest BCUT2D eigenvalue weighted by atomic mass is 10.3. The minimum absolute atomic E-state index is 0.132. The van der Waals surface area contributed by atoms with Crippen LogP contribution in [0, 0.1) is 0 Å². The summed E-state index contributed by atoms with van der Waals surface area (Å²) in [6, 6.07) is 16.2. The summed E-state index contributed by atoms with van der Waals surface area (Å²) in [6.07, 6.45) is 2.01. The number of hydrogen-bond donors (Lipinski definition) is 1. The Hall–Kier alpha value is -2.47. The van der Waals surface area contributed by atoms with Gasteiger partial charge >= 0.3 is 0 Å². The van der Waals surface area contributed by atoms with Crippen LogP contribution >= 0.6 is 39.0 Å². The quantitative estimate of drug-likeness (QED) is 0.303. The van der Waals surface area contributed by atoms with Crippen molar-refractivity contribution in [1.29, 1.82) is 0 Å². The van der Waals surface area contributed by atoms with Gasteiger partial charge in [0.1, 0.15) is 0 Å². The first kappa shape index (κ1) is 20.4. The average molecular weight is 532 g/mol. The summed E-state index contributed by atoms with van der Waals surface area (Å²) in [5.74, 6) is 0.560. The van der Waals surface area contributed by atoms with E-state index in [0.717, 1.165) is 25.3 Å². The van der Waals surface area contributed by atoms with E-state index in [2.05, 4.69) is 36.5 Å². The maximum atomic E-state index is 13.3. The molecule has 0 amide bonds. The summed E-state index contributed by atoms with van der Waals surface area (Å²) in [4.78, 5) is 5.88. The summed E-state index contributed by atoms with van der Waals surface area (Å²) >= 11 is 6.47. The van der Waals surface area contributed by atoms with Crippen LogP contribution in [0.1, 0.15) is 0 Å². The molecule has 0 saturated heterocycles. The van der Waals surface area contributed by atoms with Crippen LogP contribution in [0.4, 0.5) is 11.5 Å². The molecule has 2 aromatic carbocycles. The zero-order valence-corrected chi connectivity index (χ0v) is 20.0. The molecule has 5 aromatic rings. The molecule has 1 N–H and O–H groups in total. The third-order valence-corrected chi connectivity index (χ3v) is 8.46. The zero-order chi connectivity index (χ0) is 21.6. The van der Waals surface area contributed by atoms with Crippen molar-refractivity contribution in [3.8, 4) is 0 Å². The molecule has 0 aliphatic carbocycles. The van der Waals surface area contributed by atoms with Crippen LogP contribution in [0.2, 0.25) is 0 Å². The molecule has 11 heteroatoms. The average Bonchev–Trinajstić information content (AvgIpc) is 3.41. The minimum atomic E-state index is -3.90. The van der Waals surface area contributed by atoms with Crippen LogP contribution in [0.15, 0.2) is 79.3 Å². The second-order valence-electron chi connectivity index (χ2n) is 6.54. The number of halogens is 1. The van der Waals surface area contributed by atoms with E-state index in [9.17, 15) is 8.42 Å². The molecule has 0 bridgehead atoms. The van der Waals surface area contributed by atoms with Crippen LogP contribution in [0.25, 0.3) is 15.9 Å². The molecule has 31 heavy (non-hydrogen) atoms. The summed E-state index contributed by atoms with van der Waals surface area (Å²) in [7, 11) is -3.90. The lowest BCUT2D eigenvalue weighted by Crippen LogP contribution is -2.05. The number of sulfone groups is 1. The van der Waals surface area contributed by atoms with Crippen LogP contribution in [0.5, 0.6) is 0 Å². The first-order valence-electron chi connectivity index (χ1n) is 9.02. The van der Waals surface area contributed by atoms with Gasteiger partial charge in [-0.15, -0.1) is 28.2 Å². The first-order valence-corrected chi connectivity index (χ1v) is 13.4. The van der Waals surface area contributed by atoms with E-state index < -0.39 is 9.84 Å². The molecule has 0 spiro atoms. The van der Waals surface area contributed by atoms with Crippen molar-refractivity contribution in [2.45, 2.75) is 14.8 Å². The first-order chi connectivity index (χ1) is 15.0. The molecule has 0 radical (unpaired) electrons. The van der Waals surface area contributed by atoms with Crippen molar-refractivity contribution < 1.29 is 8.42 Å². The SMILES string of the molecule is CSc1cccc(Nc2nc3c(S(=O)(=O)c4ccc(Br)cc4)nnn3c3ccsc23)c1. The number of anilines is 2. The van der Waals surface area contributed by atoms with Gasteiger partial charge in [-0.2, -0.15) is 4.52 Å². The van der Waals surface area contributed by atoms with Gasteiger partial charge in [-0.25, -0.2) is 13.4 Å². The highest BCUT2D eigenvalue weighted by Crippen LogP contribution is 2.33. The van der Waals surface area contributed by atoms with Crippen molar-refractivity contribution in [3.05, 3.63) is 64.5 Å². The molecule has 0 aliphatic heterocycles. The zero-order valence-electron chi connectivity index (χ0n) is 16.0. The van der Waals surface area contributed by atoms with Gasteiger partial charge in [0.05, 0.1) is 15.1 Å². The number of aromatic nitrogens is 4. The molecule has 156 valence electrons. The lowest BCUT2D eigenvalue weighted by molar-refractivity contribution is 0.592. The van der Waals surface area contributed by atoms with Gasteiger partial charge in [0.25, 0.3) is 0 Å². The molecule has 7 nitrogen and oxygen atoms in total. The van der Waals surface area contributed by atoms with E-state index in [4.69, 9.17) is 0 Å². The van der Waals surface area contributed by atoms with Crippen LogP contribution in [-0.4, -0.2) is 34.5 Å². The van der Waals surface area contributed by atoms with Gasteiger partial charge in [0, 0.05) is 15.1 Å².